The predicted octanol–water partition coefficient (Wildman–Crippen LogP) is 4.24. The molecule has 5 heteroatoms. The van der Waals surface area contributed by atoms with Gasteiger partial charge in [0.1, 0.15) is 16.4 Å². The van der Waals surface area contributed by atoms with Gasteiger partial charge in [-0.25, -0.2) is 4.98 Å². The molecule has 0 spiro atoms. The lowest BCUT2D eigenvalue weighted by molar-refractivity contribution is -0.139. The van der Waals surface area contributed by atoms with Crippen LogP contribution in [0.5, 0.6) is 0 Å². The number of rotatable bonds is 3. The molecule has 3 rings (SSSR count). The second-order valence-electron chi connectivity index (χ2n) is 5.51. The monoisotopic (exact) mass is 307 g/mol. The summed E-state index contributed by atoms with van der Waals surface area (Å²) in [6, 6.07) is 3.53. The smallest absolute Gasteiger partial charge is 0.310 e. The number of fused-ring (bicyclic) bond motifs is 1. The number of furan rings is 1. The summed E-state index contributed by atoms with van der Waals surface area (Å²) in [7, 11) is 1.39. The molecule has 0 radical (unpaired) electrons. The predicted molar refractivity (Wildman–Crippen MR) is 80.6 cm³/mol. The Morgan fingerprint density at radius 2 is 2.14 bits per heavy atom. The second kappa shape index (κ2) is 6.06. The normalized spacial score (nSPS) is 16.3. The third-order valence-corrected chi connectivity index (χ3v) is 4.36. The summed E-state index contributed by atoms with van der Waals surface area (Å²) >= 11 is 5.99. The van der Waals surface area contributed by atoms with E-state index in [4.69, 9.17) is 20.8 Å². The van der Waals surface area contributed by atoms with E-state index in [1.165, 1.54) is 26.4 Å². The van der Waals surface area contributed by atoms with Crippen molar-refractivity contribution in [2.24, 2.45) is 0 Å². The minimum atomic E-state index is -0.281. The van der Waals surface area contributed by atoms with Gasteiger partial charge in [0.05, 0.1) is 13.5 Å². The molecule has 0 saturated heterocycles. The fourth-order valence-electron chi connectivity index (χ4n) is 3.10. The molecule has 0 unspecified atom stereocenters. The third-order valence-electron chi connectivity index (χ3n) is 4.15. The van der Waals surface area contributed by atoms with E-state index in [-0.39, 0.29) is 12.4 Å². The number of halogens is 1. The summed E-state index contributed by atoms with van der Waals surface area (Å²) in [5.41, 5.74) is 2.22. The molecule has 1 aliphatic carbocycles. The first-order valence-electron chi connectivity index (χ1n) is 7.33. The molecule has 0 amide bonds. The number of carbonyl (C=O) groups excluding carboxylic acids is 1. The lowest BCUT2D eigenvalue weighted by Gasteiger charge is -2.20. The fourth-order valence-corrected chi connectivity index (χ4v) is 3.25. The molecule has 2 aromatic rings. The lowest BCUT2D eigenvalue weighted by atomic mass is 9.85. The van der Waals surface area contributed by atoms with Gasteiger partial charge in [-0.3, -0.25) is 4.79 Å². The zero-order chi connectivity index (χ0) is 14.8. The lowest BCUT2D eigenvalue weighted by Crippen LogP contribution is -2.10. The summed E-state index contributed by atoms with van der Waals surface area (Å²) in [5.74, 6) is 0.979. The summed E-state index contributed by atoms with van der Waals surface area (Å²) in [6.45, 7) is 0. The minimum Gasteiger partial charge on any atom is -0.469 e. The zero-order valence-corrected chi connectivity index (χ0v) is 12.8. The number of esters is 1. The average molecular weight is 308 g/mol. The maximum absolute atomic E-state index is 11.7. The van der Waals surface area contributed by atoms with Crippen LogP contribution in [0, 0.1) is 0 Å². The molecule has 1 fully saturated rings. The highest BCUT2D eigenvalue weighted by molar-refractivity contribution is 6.29. The minimum absolute atomic E-state index is 0.183. The summed E-state index contributed by atoms with van der Waals surface area (Å²) < 4.78 is 10.8. The Morgan fingerprint density at radius 3 is 2.86 bits per heavy atom. The summed E-state index contributed by atoms with van der Waals surface area (Å²) in [4.78, 5) is 16.1. The van der Waals surface area contributed by atoms with Crippen LogP contribution >= 0.6 is 11.6 Å². The highest BCUT2D eigenvalue weighted by atomic mass is 35.5. The van der Waals surface area contributed by atoms with Crippen molar-refractivity contribution in [1.29, 1.82) is 0 Å². The van der Waals surface area contributed by atoms with Crippen molar-refractivity contribution in [3.8, 4) is 0 Å². The van der Waals surface area contributed by atoms with E-state index in [0.717, 1.165) is 24.2 Å². The topological polar surface area (TPSA) is 52.3 Å². The van der Waals surface area contributed by atoms with Crippen molar-refractivity contribution in [2.45, 2.75) is 44.4 Å². The third kappa shape index (κ3) is 2.91. The molecule has 2 heterocycles. The van der Waals surface area contributed by atoms with E-state index < -0.39 is 0 Å². The molecule has 2 aromatic heterocycles. The van der Waals surface area contributed by atoms with Crippen LogP contribution in [0.4, 0.5) is 0 Å². The van der Waals surface area contributed by atoms with Gasteiger partial charge >= 0.3 is 5.97 Å². The number of hydrogen-bond acceptors (Lipinski definition) is 4. The number of hydrogen-bond donors (Lipinski definition) is 0. The molecule has 0 atom stereocenters. The van der Waals surface area contributed by atoms with Crippen molar-refractivity contribution in [2.75, 3.05) is 7.11 Å². The van der Waals surface area contributed by atoms with Crippen LogP contribution in [0.2, 0.25) is 5.15 Å². The highest BCUT2D eigenvalue weighted by Crippen LogP contribution is 2.39. The van der Waals surface area contributed by atoms with E-state index in [0.29, 0.717) is 22.2 Å². The van der Waals surface area contributed by atoms with E-state index in [9.17, 15) is 4.79 Å². The number of aromatic nitrogens is 1. The Bertz CT molecular complexity index is 659. The number of ether oxygens (including phenoxy) is 1. The number of methoxy groups -OCH3 is 1. The quantitative estimate of drug-likeness (QED) is 0.628. The van der Waals surface area contributed by atoms with Crippen LogP contribution < -0.4 is 0 Å². The van der Waals surface area contributed by atoms with Crippen LogP contribution in [0.3, 0.4) is 0 Å². The van der Waals surface area contributed by atoms with Gasteiger partial charge in [-0.15, -0.1) is 0 Å². The molecule has 0 bridgehead atoms. The summed E-state index contributed by atoms with van der Waals surface area (Å²) in [6.07, 6.45) is 6.06. The first-order chi connectivity index (χ1) is 10.2. The van der Waals surface area contributed by atoms with Crippen molar-refractivity contribution >= 4 is 28.7 Å². The number of pyridine rings is 1. The van der Waals surface area contributed by atoms with E-state index in [1.807, 2.05) is 6.07 Å². The number of nitrogens with zero attached hydrogens (tertiary/aromatic N) is 1. The first kappa shape index (κ1) is 14.4. The Morgan fingerprint density at radius 1 is 1.38 bits per heavy atom. The van der Waals surface area contributed by atoms with Crippen molar-refractivity contribution in [1.82, 2.24) is 4.98 Å². The van der Waals surface area contributed by atoms with Gasteiger partial charge in [0.25, 0.3) is 0 Å². The molecule has 1 aliphatic rings. The summed E-state index contributed by atoms with van der Waals surface area (Å²) in [5, 5.41) is 0.407. The fraction of sp³-hybridized carbons (Fsp3) is 0.500. The molecule has 1 saturated carbocycles. The Hall–Kier alpha value is -1.55. The molecular weight excluding hydrogens is 290 g/mol. The van der Waals surface area contributed by atoms with Crippen LogP contribution in [-0.4, -0.2) is 18.1 Å². The Kier molecular flexibility index (Phi) is 4.15. The molecule has 0 aliphatic heterocycles. The van der Waals surface area contributed by atoms with Gasteiger partial charge in [0.2, 0.25) is 0 Å². The van der Waals surface area contributed by atoms with Gasteiger partial charge in [0, 0.05) is 11.5 Å². The molecule has 0 aromatic carbocycles. The maximum atomic E-state index is 11.7. The Labute approximate surface area is 128 Å². The van der Waals surface area contributed by atoms with Gasteiger partial charge in [-0.05, 0) is 25.0 Å². The van der Waals surface area contributed by atoms with E-state index in [2.05, 4.69) is 4.98 Å². The van der Waals surface area contributed by atoms with Crippen LogP contribution in [-0.2, 0) is 16.0 Å². The molecule has 21 heavy (non-hydrogen) atoms. The molecular formula is C16H18ClNO3. The number of carbonyl (C=O) groups is 1. The van der Waals surface area contributed by atoms with Crippen molar-refractivity contribution < 1.29 is 13.9 Å². The standard InChI is InChI=1S/C16H18ClNO3/c1-20-14(19)9-11-15-12(7-8-13(17)18-15)21-16(11)10-5-3-2-4-6-10/h7-8,10H,2-6,9H2,1H3. The Balaban J connectivity index is 2.08. The van der Waals surface area contributed by atoms with E-state index in [1.54, 1.807) is 6.07 Å². The van der Waals surface area contributed by atoms with Gasteiger partial charge in [-0.1, -0.05) is 30.9 Å². The zero-order valence-electron chi connectivity index (χ0n) is 12.0. The highest BCUT2D eigenvalue weighted by Gasteiger charge is 2.26. The largest absolute Gasteiger partial charge is 0.469 e. The average Bonchev–Trinajstić information content (AvgIpc) is 2.86. The van der Waals surface area contributed by atoms with Gasteiger partial charge in [0.15, 0.2) is 5.58 Å². The molecule has 4 nitrogen and oxygen atoms in total. The van der Waals surface area contributed by atoms with Crippen molar-refractivity contribution in [3.63, 3.8) is 0 Å². The molecule has 0 N–H and O–H groups in total. The second-order valence-corrected chi connectivity index (χ2v) is 5.90. The van der Waals surface area contributed by atoms with Gasteiger partial charge < -0.3 is 9.15 Å². The SMILES string of the molecule is COC(=O)Cc1c(C2CCCCC2)oc2ccc(Cl)nc12. The van der Waals surface area contributed by atoms with Crippen LogP contribution in [0.15, 0.2) is 16.5 Å². The van der Waals surface area contributed by atoms with Crippen molar-refractivity contribution in [3.05, 3.63) is 28.6 Å². The van der Waals surface area contributed by atoms with Crippen LogP contribution in [0.25, 0.3) is 11.1 Å². The maximum Gasteiger partial charge on any atom is 0.310 e. The molecule has 112 valence electrons. The van der Waals surface area contributed by atoms with Crippen LogP contribution in [0.1, 0.15) is 49.3 Å². The van der Waals surface area contributed by atoms with Gasteiger partial charge in [-0.2, -0.15) is 0 Å². The van der Waals surface area contributed by atoms with E-state index >= 15 is 0 Å². The first-order valence-corrected chi connectivity index (χ1v) is 7.71.